The van der Waals surface area contributed by atoms with Crippen molar-refractivity contribution in [3.63, 3.8) is 0 Å². The molecule has 0 saturated carbocycles. The summed E-state index contributed by atoms with van der Waals surface area (Å²) in [7, 11) is 1.74. The third-order valence-corrected chi connectivity index (χ3v) is 0.500. The summed E-state index contributed by atoms with van der Waals surface area (Å²) in [4.78, 5) is 0. The van der Waals surface area contributed by atoms with Crippen LogP contribution in [-0.4, -0.2) is 7.05 Å². The van der Waals surface area contributed by atoms with E-state index in [1.165, 1.54) is 0 Å². The van der Waals surface area contributed by atoms with E-state index in [-0.39, 0.29) is 0 Å². The standard InChI is InChI=1S/C8H7N/c1-3-4-5-6-7-8-9-2/h9H,1-2H3. The van der Waals surface area contributed by atoms with E-state index in [9.17, 15) is 0 Å². The first-order valence-corrected chi connectivity index (χ1v) is 2.50. The van der Waals surface area contributed by atoms with Crippen molar-refractivity contribution < 1.29 is 0 Å². The summed E-state index contributed by atoms with van der Waals surface area (Å²) in [5.41, 5.74) is 0. The molecule has 0 amide bonds. The molecule has 0 atom stereocenters. The van der Waals surface area contributed by atoms with Gasteiger partial charge in [0.1, 0.15) is 0 Å². The fraction of sp³-hybridized carbons (Fsp3) is 0.250. The smallest absolute Gasteiger partial charge is 0.0185 e. The largest absolute Gasteiger partial charge is 0.348 e. The van der Waals surface area contributed by atoms with Gasteiger partial charge in [-0.3, -0.25) is 0 Å². The highest BCUT2D eigenvalue weighted by atomic mass is 14.8. The molecule has 0 unspecified atom stereocenters. The van der Waals surface area contributed by atoms with E-state index in [0.29, 0.717) is 0 Å². The maximum absolute atomic E-state index is 2.63. The van der Waals surface area contributed by atoms with E-state index >= 15 is 0 Å². The summed E-state index contributed by atoms with van der Waals surface area (Å²) in [5.74, 6) is 12.8. The second-order valence-corrected chi connectivity index (χ2v) is 1.12. The molecule has 0 aliphatic carbocycles. The lowest BCUT2D eigenvalue weighted by Crippen LogP contribution is -1.90. The molecular formula is C8H7N. The molecule has 0 rings (SSSR count). The van der Waals surface area contributed by atoms with Crippen LogP contribution in [0.1, 0.15) is 6.92 Å². The van der Waals surface area contributed by atoms with Gasteiger partial charge in [0.15, 0.2) is 0 Å². The van der Waals surface area contributed by atoms with Crippen molar-refractivity contribution in [1.29, 1.82) is 0 Å². The molecule has 0 aromatic rings. The highest BCUT2D eigenvalue weighted by molar-refractivity contribution is 5.34. The van der Waals surface area contributed by atoms with E-state index in [1.54, 1.807) is 14.0 Å². The van der Waals surface area contributed by atoms with Crippen molar-refractivity contribution in [2.24, 2.45) is 0 Å². The van der Waals surface area contributed by atoms with E-state index in [1.807, 2.05) is 0 Å². The molecule has 0 aliphatic rings. The third kappa shape index (κ3) is 6.48. The number of hydrogen-bond acceptors (Lipinski definition) is 1. The number of rotatable bonds is 0. The van der Waals surface area contributed by atoms with Gasteiger partial charge in [0.2, 0.25) is 0 Å². The molecule has 1 heteroatoms. The molecule has 1 N–H and O–H groups in total. The third-order valence-electron chi connectivity index (χ3n) is 0.500. The van der Waals surface area contributed by atoms with Gasteiger partial charge in [-0.2, -0.15) is 0 Å². The van der Waals surface area contributed by atoms with Gasteiger partial charge in [0.05, 0.1) is 0 Å². The number of hydrogen-bond donors (Lipinski definition) is 1. The molecule has 44 valence electrons. The Morgan fingerprint density at radius 3 is 2.22 bits per heavy atom. The average Bonchev–Trinajstić information content (AvgIpc) is 1.89. The predicted molar refractivity (Wildman–Crippen MR) is 38.1 cm³/mol. The van der Waals surface area contributed by atoms with Gasteiger partial charge < -0.3 is 5.32 Å². The van der Waals surface area contributed by atoms with Crippen molar-refractivity contribution in [2.75, 3.05) is 7.05 Å². The van der Waals surface area contributed by atoms with E-state index in [4.69, 9.17) is 0 Å². The van der Waals surface area contributed by atoms with Crippen LogP contribution < -0.4 is 5.32 Å². The molecule has 0 bridgehead atoms. The van der Waals surface area contributed by atoms with Crippen molar-refractivity contribution >= 4 is 0 Å². The predicted octanol–water partition coefficient (Wildman–Crippen LogP) is 0.193. The van der Waals surface area contributed by atoms with Crippen molar-refractivity contribution in [2.45, 2.75) is 6.92 Å². The minimum absolute atomic E-state index is 1.74. The SMILES string of the molecule is CC#CC#CC#CNC. The van der Waals surface area contributed by atoms with Crippen LogP contribution in [0.5, 0.6) is 0 Å². The molecule has 0 aliphatic heterocycles. The zero-order chi connectivity index (χ0) is 6.95. The Hall–Kier alpha value is -1.52. The van der Waals surface area contributed by atoms with Gasteiger partial charge in [-0.05, 0) is 18.8 Å². The number of nitrogens with one attached hydrogen (secondary N) is 1. The summed E-state index contributed by atoms with van der Waals surface area (Å²) < 4.78 is 0. The highest BCUT2D eigenvalue weighted by Crippen LogP contribution is 1.50. The summed E-state index contributed by atoms with van der Waals surface area (Å²) in [5, 5.41) is 2.63. The lowest BCUT2D eigenvalue weighted by Gasteiger charge is -1.68. The Morgan fingerprint density at radius 1 is 1.00 bits per heavy atom. The summed E-state index contributed by atoms with van der Waals surface area (Å²) in [6.45, 7) is 1.74. The molecular weight excluding hydrogens is 110 g/mol. The minimum Gasteiger partial charge on any atom is -0.348 e. The molecule has 9 heavy (non-hydrogen) atoms. The van der Waals surface area contributed by atoms with Crippen molar-refractivity contribution in [3.05, 3.63) is 0 Å². The second-order valence-electron chi connectivity index (χ2n) is 1.12. The summed E-state index contributed by atoms with van der Waals surface area (Å²) in [6.07, 6.45) is 0. The van der Waals surface area contributed by atoms with Gasteiger partial charge in [-0.1, -0.05) is 5.92 Å². The molecule has 0 spiro atoms. The Kier molecular flexibility index (Phi) is 5.39. The fourth-order valence-corrected chi connectivity index (χ4v) is 0.219. The highest BCUT2D eigenvalue weighted by Gasteiger charge is 1.52. The van der Waals surface area contributed by atoms with Crippen LogP contribution in [0.3, 0.4) is 0 Å². The van der Waals surface area contributed by atoms with Crippen LogP contribution in [0, 0.1) is 35.6 Å². The van der Waals surface area contributed by atoms with Crippen LogP contribution in [0.4, 0.5) is 0 Å². The Bertz CT molecular complexity index is 231. The zero-order valence-electron chi connectivity index (χ0n) is 5.50. The first-order chi connectivity index (χ1) is 4.41. The van der Waals surface area contributed by atoms with E-state index < -0.39 is 0 Å². The normalized spacial score (nSPS) is 4.22. The van der Waals surface area contributed by atoms with Crippen LogP contribution in [0.2, 0.25) is 0 Å². The average molecular weight is 117 g/mol. The zero-order valence-corrected chi connectivity index (χ0v) is 5.50. The molecule has 0 aromatic heterocycles. The Labute approximate surface area is 55.8 Å². The lowest BCUT2D eigenvalue weighted by atomic mass is 10.5. The van der Waals surface area contributed by atoms with Gasteiger partial charge in [0.25, 0.3) is 0 Å². The first-order valence-electron chi connectivity index (χ1n) is 2.50. The molecule has 0 radical (unpaired) electrons. The van der Waals surface area contributed by atoms with Crippen LogP contribution in [0.25, 0.3) is 0 Å². The lowest BCUT2D eigenvalue weighted by molar-refractivity contribution is 1.16. The van der Waals surface area contributed by atoms with Crippen LogP contribution >= 0.6 is 0 Å². The Balaban J connectivity index is 3.71. The second kappa shape index (κ2) is 6.48. The van der Waals surface area contributed by atoms with Gasteiger partial charge in [-0.15, -0.1) is 0 Å². The quantitative estimate of drug-likeness (QED) is 0.353. The molecule has 0 fully saturated rings. The molecule has 0 saturated heterocycles. The van der Waals surface area contributed by atoms with Gasteiger partial charge in [0, 0.05) is 24.9 Å². The van der Waals surface area contributed by atoms with Crippen molar-refractivity contribution in [3.8, 4) is 35.6 Å². The maximum Gasteiger partial charge on any atom is 0.0185 e. The van der Waals surface area contributed by atoms with Gasteiger partial charge in [-0.25, -0.2) is 0 Å². The van der Waals surface area contributed by atoms with Crippen LogP contribution in [0.15, 0.2) is 0 Å². The Morgan fingerprint density at radius 2 is 1.67 bits per heavy atom. The van der Waals surface area contributed by atoms with E-state index in [0.717, 1.165) is 0 Å². The van der Waals surface area contributed by atoms with Gasteiger partial charge >= 0.3 is 0 Å². The first kappa shape index (κ1) is 7.48. The molecule has 0 aromatic carbocycles. The molecule has 1 nitrogen and oxygen atoms in total. The van der Waals surface area contributed by atoms with Crippen molar-refractivity contribution in [1.82, 2.24) is 5.32 Å². The topological polar surface area (TPSA) is 12.0 Å². The fourth-order valence-electron chi connectivity index (χ4n) is 0.219. The van der Waals surface area contributed by atoms with E-state index in [2.05, 4.69) is 41.0 Å². The summed E-state index contributed by atoms with van der Waals surface area (Å²) >= 11 is 0. The minimum atomic E-state index is 1.74. The molecule has 0 heterocycles. The summed E-state index contributed by atoms with van der Waals surface area (Å²) in [6, 6.07) is 2.57. The van der Waals surface area contributed by atoms with Crippen LogP contribution in [-0.2, 0) is 0 Å². The monoisotopic (exact) mass is 117 g/mol. The maximum atomic E-state index is 2.63.